The molecule has 0 aliphatic carbocycles. The van der Waals surface area contributed by atoms with Crippen LogP contribution in [-0.2, 0) is 6.54 Å². The summed E-state index contributed by atoms with van der Waals surface area (Å²) in [5.41, 5.74) is 0.666. The summed E-state index contributed by atoms with van der Waals surface area (Å²) in [4.78, 5) is 36.8. The van der Waals surface area contributed by atoms with Crippen LogP contribution >= 0.6 is 11.8 Å². The molecule has 0 saturated heterocycles. The third kappa shape index (κ3) is 3.68. The zero-order valence-electron chi connectivity index (χ0n) is 16.4. The van der Waals surface area contributed by atoms with Crippen molar-refractivity contribution in [2.45, 2.75) is 18.1 Å². The van der Waals surface area contributed by atoms with Crippen molar-refractivity contribution in [3.05, 3.63) is 51.3 Å². The fourth-order valence-corrected chi connectivity index (χ4v) is 3.52. The van der Waals surface area contributed by atoms with E-state index in [4.69, 9.17) is 0 Å². The van der Waals surface area contributed by atoms with Crippen molar-refractivity contribution in [1.82, 2.24) is 34.2 Å². The van der Waals surface area contributed by atoms with Crippen molar-refractivity contribution in [2.75, 3.05) is 26.9 Å². The van der Waals surface area contributed by atoms with Crippen LogP contribution in [-0.4, -0.2) is 61.1 Å². The average molecular weight is 411 g/mol. The number of aromatic nitrogens is 6. The summed E-state index contributed by atoms with van der Waals surface area (Å²) in [5, 5.41) is 8.15. The van der Waals surface area contributed by atoms with Crippen LogP contribution < -0.4 is 11.1 Å². The molecule has 0 spiro atoms. The predicted octanol–water partition coefficient (Wildman–Crippen LogP) is 1.49. The molecule has 0 aromatic carbocycles. The quantitative estimate of drug-likeness (QED) is 0.379. The van der Waals surface area contributed by atoms with Gasteiger partial charge in [-0.2, -0.15) is 4.98 Å². The van der Waals surface area contributed by atoms with E-state index in [0.29, 0.717) is 39.5 Å². The largest absolute Gasteiger partial charge is 0.315 e. The summed E-state index contributed by atoms with van der Waals surface area (Å²) in [6.45, 7) is 1.50. The van der Waals surface area contributed by atoms with Gasteiger partial charge in [-0.3, -0.25) is 14.2 Å². The van der Waals surface area contributed by atoms with E-state index in [1.165, 1.54) is 16.3 Å². The van der Waals surface area contributed by atoms with Gasteiger partial charge in [0.1, 0.15) is 0 Å². The summed E-state index contributed by atoms with van der Waals surface area (Å²) in [5.74, 6) is 0.329. The first-order valence-electron chi connectivity index (χ1n) is 9.15. The van der Waals surface area contributed by atoms with Crippen LogP contribution in [0.3, 0.4) is 0 Å². The van der Waals surface area contributed by atoms with Crippen LogP contribution in [0.4, 0.5) is 0 Å². The molecular weight excluding hydrogens is 390 g/mol. The maximum absolute atomic E-state index is 13.0. The number of hydrogen-bond acceptors (Lipinski definition) is 7. The zero-order chi connectivity index (χ0) is 20.5. The van der Waals surface area contributed by atoms with E-state index in [1.54, 1.807) is 29.1 Å². The number of hydrogen-bond donors (Lipinski definition) is 1. The van der Waals surface area contributed by atoms with E-state index in [-0.39, 0.29) is 11.1 Å². The van der Waals surface area contributed by atoms with E-state index < -0.39 is 0 Å². The van der Waals surface area contributed by atoms with Gasteiger partial charge in [-0.25, -0.2) is 10.1 Å². The standard InChI is InChI=1S/C19H21N7O2S/c1-24(2)7-4-8-25-9-5-14-12(16(25)27)11-13-15(20-14)6-10-26(17(13)28)18-21-19(29-3)23-22-18/h5-6,9-11H,4,7-8H2,1-3H3,(H,21,22,23). The van der Waals surface area contributed by atoms with Gasteiger partial charge in [-0.1, -0.05) is 11.8 Å². The highest BCUT2D eigenvalue weighted by Gasteiger charge is 2.12. The molecule has 0 amide bonds. The molecule has 0 radical (unpaired) electrons. The van der Waals surface area contributed by atoms with Crippen molar-refractivity contribution in [2.24, 2.45) is 0 Å². The minimum atomic E-state index is -0.303. The lowest BCUT2D eigenvalue weighted by molar-refractivity contribution is 0.385. The van der Waals surface area contributed by atoms with Crippen molar-refractivity contribution >= 4 is 33.6 Å². The van der Waals surface area contributed by atoms with E-state index in [9.17, 15) is 9.59 Å². The number of rotatable bonds is 6. The van der Waals surface area contributed by atoms with Gasteiger partial charge >= 0.3 is 0 Å². The summed E-state index contributed by atoms with van der Waals surface area (Å²) >= 11 is 1.38. The Hall–Kier alpha value is -2.98. The molecular formula is C19H21N7O2S. The highest BCUT2D eigenvalue weighted by atomic mass is 32.2. The van der Waals surface area contributed by atoms with Crippen LogP contribution in [0.5, 0.6) is 0 Å². The Morgan fingerprint density at radius 3 is 2.48 bits per heavy atom. The summed E-state index contributed by atoms with van der Waals surface area (Å²) in [7, 11) is 4.00. The topological polar surface area (TPSA) is 102 Å². The van der Waals surface area contributed by atoms with Gasteiger partial charge in [0, 0.05) is 18.9 Å². The normalized spacial score (nSPS) is 11.7. The van der Waals surface area contributed by atoms with Crippen LogP contribution in [0.15, 0.2) is 45.3 Å². The number of aromatic amines is 1. The number of fused-ring (bicyclic) bond motifs is 2. The van der Waals surface area contributed by atoms with Gasteiger partial charge in [0.25, 0.3) is 11.1 Å². The second-order valence-corrected chi connectivity index (χ2v) is 7.74. The molecule has 4 aromatic heterocycles. The minimum Gasteiger partial charge on any atom is -0.315 e. The van der Waals surface area contributed by atoms with Gasteiger partial charge in [0.05, 0.1) is 21.8 Å². The van der Waals surface area contributed by atoms with Crippen LogP contribution in [0.2, 0.25) is 0 Å². The van der Waals surface area contributed by atoms with Crippen LogP contribution in [0.1, 0.15) is 6.42 Å². The fraction of sp³-hybridized carbons (Fsp3) is 0.316. The minimum absolute atomic E-state index is 0.144. The summed E-state index contributed by atoms with van der Waals surface area (Å²) in [6, 6.07) is 5.19. The molecule has 9 nitrogen and oxygen atoms in total. The number of aryl methyl sites for hydroxylation is 1. The Morgan fingerprint density at radius 2 is 1.79 bits per heavy atom. The molecule has 0 aliphatic rings. The molecule has 29 heavy (non-hydrogen) atoms. The lowest BCUT2D eigenvalue weighted by Crippen LogP contribution is -2.23. The predicted molar refractivity (Wildman–Crippen MR) is 114 cm³/mol. The van der Waals surface area contributed by atoms with Crippen LogP contribution in [0, 0.1) is 0 Å². The SMILES string of the molecule is CSc1n[nH]c(-n2ccc3nc4ccn(CCCN(C)C)c(=O)c4cc3c2=O)n1. The third-order valence-electron chi connectivity index (χ3n) is 4.68. The van der Waals surface area contributed by atoms with Gasteiger partial charge in [-0.15, -0.1) is 5.10 Å². The molecule has 4 heterocycles. The molecule has 0 fully saturated rings. The van der Waals surface area contributed by atoms with Gasteiger partial charge in [-0.05, 0) is 51.5 Å². The molecule has 0 saturated carbocycles. The maximum Gasteiger partial charge on any atom is 0.266 e. The number of pyridine rings is 3. The molecule has 150 valence electrons. The van der Waals surface area contributed by atoms with E-state index in [2.05, 4.69) is 25.1 Å². The Balaban J connectivity index is 1.82. The van der Waals surface area contributed by atoms with Crippen molar-refractivity contribution in [3.8, 4) is 5.95 Å². The molecule has 0 aliphatic heterocycles. The van der Waals surface area contributed by atoms with Crippen molar-refractivity contribution in [3.63, 3.8) is 0 Å². The maximum atomic E-state index is 13.0. The molecule has 4 rings (SSSR count). The Bertz CT molecular complexity index is 1310. The highest BCUT2D eigenvalue weighted by molar-refractivity contribution is 7.98. The molecule has 0 atom stereocenters. The highest BCUT2D eigenvalue weighted by Crippen LogP contribution is 2.16. The van der Waals surface area contributed by atoms with Gasteiger partial charge in [0.2, 0.25) is 11.1 Å². The summed E-state index contributed by atoms with van der Waals surface area (Å²) < 4.78 is 3.04. The van der Waals surface area contributed by atoms with Crippen molar-refractivity contribution < 1.29 is 0 Å². The Labute approximate surface area is 170 Å². The van der Waals surface area contributed by atoms with E-state index in [1.807, 2.05) is 26.4 Å². The second kappa shape index (κ2) is 7.80. The number of nitrogens with one attached hydrogen (secondary N) is 1. The Morgan fingerprint density at radius 1 is 1.07 bits per heavy atom. The average Bonchev–Trinajstić information content (AvgIpc) is 3.18. The molecule has 0 bridgehead atoms. The van der Waals surface area contributed by atoms with Gasteiger partial charge < -0.3 is 9.47 Å². The smallest absolute Gasteiger partial charge is 0.266 e. The summed E-state index contributed by atoms with van der Waals surface area (Å²) in [6.07, 6.45) is 6.08. The fourth-order valence-electron chi connectivity index (χ4n) is 3.20. The first kappa shape index (κ1) is 19.3. The monoisotopic (exact) mass is 411 g/mol. The number of H-pyrrole nitrogens is 1. The number of nitrogens with zero attached hydrogens (tertiary/aromatic N) is 6. The lowest BCUT2D eigenvalue weighted by Gasteiger charge is -2.11. The first-order chi connectivity index (χ1) is 14.0. The second-order valence-electron chi connectivity index (χ2n) is 6.96. The zero-order valence-corrected chi connectivity index (χ0v) is 17.2. The first-order valence-corrected chi connectivity index (χ1v) is 10.4. The lowest BCUT2D eigenvalue weighted by atomic mass is 10.2. The Kier molecular flexibility index (Phi) is 5.20. The van der Waals surface area contributed by atoms with E-state index in [0.717, 1.165) is 13.0 Å². The van der Waals surface area contributed by atoms with Crippen LogP contribution in [0.25, 0.3) is 27.8 Å². The third-order valence-corrected chi connectivity index (χ3v) is 5.23. The molecule has 1 N–H and O–H groups in total. The van der Waals surface area contributed by atoms with E-state index >= 15 is 0 Å². The van der Waals surface area contributed by atoms with Gasteiger partial charge in [0.15, 0.2) is 0 Å². The number of thioether (sulfide) groups is 1. The molecule has 0 unspecified atom stereocenters. The molecule has 10 heteroatoms. The van der Waals surface area contributed by atoms with Crippen molar-refractivity contribution in [1.29, 1.82) is 0 Å². The molecule has 4 aromatic rings.